The zero-order valence-corrected chi connectivity index (χ0v) is 16.0. The monoisotopic (exact) mass is 399 g/mol. The molecule has 2 atom stereocenters. The van der Waals surface area contributed by atoms with Gasteiger partial charge in [-0.15, -0.1) is 0 Å². The molecule has 28 heavy (non-hydrogen) atoms. The number of hydrogen-bond donors (Lipinski definition) is 4. The lowest BCUT2D eigenvalue weighted by Crippen LogP contribution is -2.46. The molecule has 0 aromatic heterocycles. The Morgan fingerprint density at radius 2 is 1.89 bits per heavy atom. The zero-order chi connectivity index (χ0) is 20.9. The molecule has 2 rings (SSSR count). The highest BCUT2D eigenvalue weighted by Gasteiger charge is 2.23. The summed E-state index contributed by atoms with van der Waals surface area (Å²) in [5.41, 5.74) is 0.975. The van der Waals surface area contributed by atoms with Gasteiger partial charge in [0.1, 0.15) is 5.75 Å². The van der Waals surface area contributed by atoms with E-state index >= 15 is 0 Å². The number of rotatable bonds is 8. The Morgan fingerprint density at radius 1 is 1.21 bits per heavy atom. The second-order valence-corrected chi connectivity index (χ2v) is 6.42. The molecule has 1 aliphatic heterocycles. The molecule has 0 radical (unpaired) electrons. The molecule has 1 fully saturated rings. The number of β-amino-alcohol motifs (C(OH)–C–C–N with tert-alkyl or cyclic N) is 1. The van der Waals surface area contributed by atoms with Gasteiger partial charge in [0.25, 0.3) is 0 Å². The Labute approximate surface area is 164 Å². The van der Waals surface area contributed by atoms with Crippen LogP contribution >= 0.6 is 0 Å². The number of aliphatic hydroxyl groups is 2. The molecule has 9 nitrogen and oxygen atoms in total. The predicted octanol–water partition coefficient (Wildman–Crippen LogP) is 0.575. The van der Waals surface area contributed by atoms with Crippen LogP contribution in [0.4, 0.5) is 0 Å². The number of nitrogens with zero attached hydrogens (tertiary/aromatic N) is 1. The predicted molar refractivity (Wildman–Crippen MR) is 100 cm³/mol. The molecule has 0 spiro atoms. The average molecular weight is 399 g/mol. The van der Waals surface area contributed by atoms with Crippen LogP contribution in [0.15, 0.2) is 24.3 Å². The van der Waals surface area contributed by atoms with Crippen molar-refractivity contribution in [2.24, 2.45) is 0 Å². The van der Waals surface area contributed by atoms with Crippen molar-refractivity contribution in [1.29, 1.82) is 0 Å². The fraction of sp³-hybridized carbons (Fsp3) is 0.579. The largest absolute Gasteiger partial charge is 0.496 e. The number of carbonyl (C=O) groups is 2. The highest BCUT2D eigenvalue weighted by Crippen LogP contribution is 2.19. The number of aliphatic carboxylic acids is 2. The minimum atomic E-state index is -1.82. The number of likely N-dealkylation sites (tertiary alicyclic amines) is 1. The van der Waals surface area contributed by atoms with Crippen molar-refractivity contribution in [3.63, 3.8) is 0 Å². The maximum absolute atomic E-state index is 10.1. The standard InChI is InChI=1S/C17H27NO4.C2H2O4/c1-21-17-8-3-2-6-14(17)12-22-13-16(20)10-18-9-5-4-7-15(18)11-19;3-1(4)2(5)6/h2-3,6,8,15-16,19-20H,4-5,7,9-13H2,1H3;(H,3,4)(H,5,6). The number of piperidine rings is 1. The van der Waals surface area contributed by atoms with Gasteiger partial charge in [-0.05, 0) is 25.5 Å². The molecule has 4 N–H and O–H groups in total. The zero-order valence-electron chi connectivity index (χ0n) is 16.0. The number of carboxylic acid groups (broad SMARTS) is 2. The number of para-hydroxylation sites is 1. The molecular weight excluding hydrogens is 370 g/mol. The quantitative estimate of drug-likeness (QED) is 0.463. The lowest BCUT2D eigenvalue weighted by Gasteiger charge is -2.35. The van der Waals surface area contributed by atoms with Crippen LogP contribution in [-0.4, -0.2) is 82.8 Å². The van der Waals surface area contributed by atoms with Gasteiger partial charge in [-0.2, -0.15) is 0 Å². The first-order valence-electron chi connectivity index (χ1n) is 9.07. The molecule has 2 unspecified atom stereocenters. The van der Waals surface area contributed by atoms with Gasteiger partial charge in [-0.1, -0.05) is 24.6 Å². The van der Waals surface area contributed by atoms with Gasteiger partial charge in [-0.25, -0.2) is 9.59 Å². The van der Waals surface area contributed by atoms with Gasteiger partial charge in [0.15, 0.2) is 0 Å². The van der Waals surface area contributed by atoms with Crippen molar-refractivity contribution in [3.05, 3.63) is 29.8 Å². The first-order valence-corrected chi connectivity index (χ1v) is 9.07. The molecule has 1 aliphatic rings. The molecule has 0 bridgehead atoms. The van der Waals surface area contributed by atoms with Crippen molar-refractivity contribution in [3.8, 4) is 5.75 Å². The molecule has 1 heterocycles. The van der Waals surface area contributed by atoms with Crippen molar-refractivity contribution in [1.82, 2.24) is 4.90 Å². The molecule has 1 aromatic carbocycles. The Balaban J connectivity index is 0.000000568. The fourth-order valence-electron chi connectivity index (χ4n) is 2.96. The van der Waals surface area contributed by atoms with E-state index in [1.165, 1.54) is 0 Å². The Kier molecular flexibility index (Phi) is 11.1. The van der Waals surface area contributed by atoms with Crippen LogP contribution in [0.25, 0.3) is 0 Å². The van der Waals surface area contributed by atoms with Gasteiger partial charge in [-0.3, -0.25) is 4.90 Å². The summed E-state index contributed by atoms with van der Waals surface area (Å²) in [7, 11) is 1.64. The second kappa shape index (κ2) is 13.1. The van der Waals surface area contributed by atoms with Crippen LogP contribution in [0.1, 0.15) is 24.8 Å². The SMILES string of the molecule is COc1ccccc1COCC(O)CN1CCCCC1CO.O=C(O)C(=O)O. The first kappa shape index (κ1) is 23.8. The molecule has 9 heteroatoms. The van der Waals surface area contributed by atoms with E-state index in [1.54, 1.807) is 7.11 Å². The van der Waals surface area contributed by atoms with Crippen molar-refractivity contribution < 1.29 is 39.5 Å². The van der Waals surface area contributed by atoms with Gasteiger partial charge in [0.05, 0.1) is 33.0 Å². The molecule has 1 saturated heterocycles. The van der Waals surface area contributed by atoms with Gasteiger partial charge < -0.3 is 29.9 Å². The summed E-state index contributed by atoms with van der Waals surface area (Å²) >= 11 is 0. The van der Waals surface area contributed by atoms with E-state index in [4.69, 9.17) is 29.3 Å². The number of ether oxygens (including phenoxy) is 2. The summed E-state index contributed by atoms with van der Waals surface area (Å²) in [6.07, 6.45) is 2.75. The summed E-state index contributed by atoms with van der Waals surface area (Å²) < 4.78 is 10.9. The van der Waals surface area contributed by atoms with E-state index in [0.717, 1.165) is 37.1 Å². The molecule has 0 saturated carbocycles. The van der Waals surface area contributed by atoms with Gasteiger partial charge in [0, 0.05) is 18.2 Å². The Bertz CT molecular complexity index is 597. The highest BCUT2D eigenvalue weighted by atomic mass is 16.5. The minimum Gasteiger partial charge on any atom is -0.496 e. The summed E-state index contributed by atoms with van der Waals surface area (Å²) in [4.78, 5) is 20.4. The van der Waals surface area contributed by atoms with E-state index in [1.807, 2.05) is 24.3 Å². The van der Waals surface area contributed by atoms with E-state index in [0.29, 0.717) is 13.2 Å². The fourth-order valence-corrected chi connectivity index (χ4v) is 2.96. The van der Waals surface area contributed by atoms with Crippen LogP contribution in [0.5, 0.6) is 5.75 Å². The van der Waals surface area contributed by atoms with Crippen LogP contribution in [-0.2, 0) is 20.9 Å². The lowest BCUT2D eigenvalue weighted by molar-refractivity contribution is -0.159. The van der Waals surface area contributed by atoms with Crippen LogP contribution in [0, 0.1) is 0 Å². The molecule has 0 aliphatic carbocycles. The molecule has 158 valence electrons. The second-order valence-electron chi connectivity index (χ2n) is 6.42. The number of aliphatic hydroxyl groups excluding tert-OH is 2. The number of benzene rings is 1. The number of carboxylic acids is 2. The molecule has 0 amide bonds. The van der Waals surface area contributed by atoms with E-state index < -0.39 is 18.0 Å². The Hall–Kier alpha value is -2.20. The van der Waals surface area contributed by atoms with E-state index in [-0.39, 0.29) is 19.3 Å². The molecule has 1 aromatic rings. The molecular formula is C19H29NO8. The van der Waals surface area contributed by atoms with Crippen molar-refractivity contribution in [2.45, 2.75) is 38.0 Å². The summed E-state index contributed by atoms with van der Waals surface area (Å²) in [6, 6.07) is 7.89. The van der Waals surface area contributed by atoms with Crippen LogP contribution in [0.3, 0.4) is 0 Å². The third-order valence-electron chi connectivity index (χ3n) is 4.35. The van der Waals surface area contributed by atoms with Gasteiger partial charge >= 0.3 is 11.9 Å². The number of methoxy groups -OCH3 is 1. The van der Waals surface area contributed by atoms with E-state index in [9.17, 15) is 10.2 Å². The third-order valence-corrected chi connectivity index (χ3v) is 4.35. The van der Waals surface area contributed by atoms with Gasteiger partial charge in [0.2, 0.25) is 0 Å². The summed E-state index contributed by atoms with van der Waals surface area (Å²) in [5.74, 6) is -2.85. The Morgan fingerprint density at radius 3 is 2.50 bits per heavy atom. The minimum absolute atomic E-state index is 0.161. The normalized spacial score (nSPS) is 17.9. The van der Waals surface area contributed by atoms with Crippen LogP contribution < -0.4 is 4.74 Å². The maximum Gasteiger partial charge on any atom is 0.414 e. The first-order chi connectivity index (χ1) is 13.4. The lowest BCUT2D eigenvalue weighted by atomic mass is 10.0. The maximum atomic E-state index is 10.1. The van der Waals surface area contributed by atoms with E-state index in [2.05, 4.69) is 4.90 Å². The van der Waals surface area contributed by atoms with Crippen molar-refractivity contribution in [2.75, 3.05) is 33.4 Å². The smallest absolute Gasteiger partial charge is 0.414 e. The highest BCUT2D eigenvalue weighted by molar-refractivity contribution is 6.27. The third kappa shape index (κ3) is 8.66. The number of hydrogen-bond acceptors (Lipinski definition) is 7. The topological polar surface area (TPSA) is 137 Å². The summed E-state index contributed by atoms with van der Waals surface area (Å²) in [6.45, 7) is 2.36. The average Bonchev–Trinajstić information content (AvgIpc) is 2.69. The van der Waals surface area contributed by atoms with Crippen molar-refractivity contribution >= 4 is 11.9 Å². The van der Waals surface area contributed by atoms with Crippen LogP contribution in [0.2, 0.25) is 0 Å². The summed E-state index contributed by atoms with van der Waals surface area (Å²) in [5, 5.41) is 34.3.